The Morgan fingerprint density at radius 1 is 1.32 bits per heavy atom. The molecule has 0 atom stereocenters. The summed E-state index contributed by atoms with van der Waals surface area (Å²) in [6.07, 6.45) is 1.63. The lowest BCUT2D eigenvalue weighted by Gasteiger charge is -2.18. The minimum atomic E-state index is -0.233. The summed E-state index contributed by atoms with van der Waals surface area (Å²) in [7, 11) is 0. The fourth-order valence-electron chi connectivity index (χ4n) is 1.61. The van der Waals surface area contributed by atoms with Crippen molar-refractivity contribution in [2.75, 3.05) is 0 Å². The van der Waals surface area contributed by atoms with Gasteiger partial charge in [-0.25, -0.2) is 9.37 Å². The molecular formula is C15H19FN2O. The first-order valence-corrected chi connectivity index (χ1v) is 6.31. The van der Waals surface area contributed by atoms with Crippen molar-refractivity contribution in [1.29, 1.82) is 0 Å². The van der Waals surface area contributed by atoms with Gasteiger partial charge in [-0.15, -0.1) is 0 Å². The maximum Gasteiger partial charge on any atom is 0.208 e. The Kier molecular flexibility index (Phi) is 3.71. The molecule has 102 valence electrons. The molecule has 0 unspecified atom stereocenters. The van der Waals surface area contributed by atoms with Crippen LogP contribution in [0.4, 0.5) is 4.39 Å². The van der Waals surface area contributed by atoms with Crippen molar-refractivity contribution >= 4 is 0 Å². The Balaban J connectivity index is 2.14. The van der Waals surface area contributed by atoms with Gasteiger partial charge >= 0.3 is 0 Å². The third-order valence-corrected chi connectivity index (χ3v) is 2.78. The highest BCUT2D eigenvalue weighted by molar-refractivity contribution is 5.56. The van der Waals surface area contributed by atoms with E-state index in [4.69, 9.17) is 4.42 Å². The van der Waals surface area contributed by atoms with Crippen LogP contribution in [-0.4, -0.2) is 10.5 Å². The van der Waals surface area contributed by atoms with Crippen LogP contribution < -0.4 is 5.32 Å². The maximum absolute atomic E-state index is 13.5. The van der Waals surface area contributed by atoms with Gasteiger partial charge in [-0.3, -0.25) is 0 Å². The molecule has 2 aromatic rings. The maximum atomic E-state index is 13.5. The zero-order chi connectivity index (χ0) is 14.0. The number of nitrogens with zero attached hydrogens (tertiary/aromatic N) is 1. The van der Waals surface area contributed by atoms with Crippen molar-refractivity contribution in [3.05, 3.63) is 41.7 Å². The topological polar surface area (TPSA) is 38.1 Å². The molecule has 0 aliphatic carbocycles. The first-order chi connectivity index (χ1) is 8.85. The number of aryl methyl sites for hydroxylation is 1. The van der Waals surface area contributed by atoms with Gasteiger partial charge in [0.1, 0.15) is 5.82 Å². The number of nitrogens with one attached hydrogen (secondary N) is 1. The van der Waals surface area contributed by atoms with Crippen molar-refractivity contribution in [3.8, 4) is 11.3 Å². The first-order valence-electron chi connectivity index (χ1n) is 6.31. The molecule has 0 aliphatic heterocycles. The summed E-state index contributed by atoms with van der Waals surface area (Å²) in [6, 6.07) is 5.04. The van der Waals surface area contributed by atoms with E-state index in [1.807, 2.05) is 6.07 Å². The Labute approximate surface area is 112 Å². The molecule has 0 fully saturated rings. The van der Waals surface area contributed by atoms with Gasteiger partial charge in [-0.1, -0.05) is 12.1 Å². The van der Waals surface area contributed by atoms with Crippen LogP contribution in [0.1, 0.15) is 32.2 Å². The fourth-order valence-corrected chi connectivity index (χ4v) is 1.61. The molecule has 0 saturated heterocycles. The summed E-state index contributed by atoms with van der Waals surface area (Å²) < 4.78 is 19.1. The van der Waals surface area contributed by atoms with Gasteiger partial charge in [-0.2, -0.15) is 0 Å². The lowest BCUT2D eigenvalue weighted by Crippen LogP contribution is -2.35. The van der Waals surface area contributed by atoms with Gasteiger partial charge in [-0.05, 0) is 39.3 Å². The zero-order valence-electron chi connectivity index (χ0n) is 11.7. The predicted molar refractivity (Wildman–Crippen MR) is 73.2 cm³/mol. The fraction of sp³-hybridized carbons (Fsp3) is 0.400. The van der Waals surface area contributed by atoms with Crippen LogP contribution in [0.15, 0.2) is 28.8 Å². The minimum Gasteiger partial charge on any atom is -0.439 e. The number of hydrogen-bond donors (Lipinski definition) is 1. The molecule has 0 spiro atoms. The second-order valence-electron chi connectivity index (χ2n) is 5.69. The van der Waals surface area contributed by atoms with E-state index in [0.29, 0.717) is 29.3 Å². The number of hydrogen-bond acceptors (Lipinski definition) is 3. The Hall–Kier alpha value is -1.68. The number of halogens is 1. The van der Waals surface area contributed by atoms with Crippen LogP contribution in [0.25, 0.3) is 11.3 Å². The number of aromatic nitrogens is 1. The molecule has 0 aliphatic rings. The molecule has 1 aromatic heterocycles. The summed E-state index contributed by atoms with van der Waals surface area (Å²) in [5.74, 6) is 0.957. The molecule has 19 heavy (non-hydrogen) atoms. The van der Waals surface area contributed by atoms with E-state index in [1.165, 1.54) is 6.07 Å². The SMILES string of the molecule is Cc1ccc(-c2cnc(CNC(C)(C)C)o2)cc1F. The average Bonchev–Trinajstić information content (AvgIpc) is 2.78. The summed E-state index contributed by atoms with van der Waals surface area (Å²) >= 11 is 0. The minimum absolute atomic E-state index is 0.00456. The molecule has 1 heterocycles. The standard InChI is InChI=1S/C15H19FN2O/c1-10-5-6-11(7-12(10)16)13-8-17-14(19-13)9-18-15(2,3)4/h5-8,18H,9H2,1-4H3. The molecule has 2 rings (SSSR count). The second-order valence-corrected chi connectivity index (χ2v) is 5.69. The lowest BCUT2D eigenvalue weighted by molar-refractivity contribution is 0.383. The predicted octanol–water partition coefficient (Wildman–Crippen LogP) is 3.68. The Bertz CT molecular complexity index is 570. The molecule has 0 saturated carbocycles. The normalized spacial score (nSPS) is 11.8. The second kappa shape index (κ2) is 5.13. The van der Waals surface area contributed by atoms with Crippen LogP contribution in [0.5, 0.6) is 0 Å². The van der Waals surface area contributed by atoms with Crippen LogP contribution in [0.2, 0.25) is 0 Å². The summed E-state index contributed by atoms with van der Waals surface area (Å²) in [5.41, 5.74) is 1.33. The van der Waals surface area contributed by atoms with E-state index in [9.17, 15) is 4.39 Å². The van der Waals surface area contributed by atoms with Crippen LogP contribution in [0, 0.1) is 12.7 Å². The van der Waals surface area contributed by atoms with Crippen molar-refractivity contribution in [1.82, 2.24) is 10.3 Å². The van der Waals surface area contributed by atoms with Gasteiger partial charge in [0.05, 0.1) is 12.7 Å². The van der Waals surface area contributed by atoms with Crippen LogP contribution in [0.3, 0.4) is 0 Å². The van der Waals surface area contributed by atoms with E-state index >= 15 is 0 Å². The first kappa shape index (κ1) is 13.7. The van der Waals surface area contributed by atoms with Gasteiger partial charge < -0.3 is 9.73 Å². The van der Waals surface area contributed by atoms with E-state index in [2.05, 4.69) is 31.1 Å². The molecule has 0 bridgehead atoms. The van der Waals surface area contributed by atoms with Gasteiger partial charge in [0.25, 0.3) is 0 Å². The highest BCUT2D eigenvalue weighted by Gasteiger charge is 2.12. The molecule has 4 heteroatoms. The third-order valence-electron chi connectivity index (χ3n) is 2.78. The average molecular weight is 262 g/mol. The molecule has 1 N–H and O–H groups in total. The van der Waals surface area contributed by atoms with E-state index < -0.39 is 0 Å². The van der Waals surface area contributed by atoms with Crippen molar-refractivity contribution in [2.45, 2.75) is 39.8 Å². The summed E-state index contributed by atoms with van der Waals surface area (Å²) in [5, 5.41) is 3.29. The Morgan fingerprint density at radius 3 is 2.68 bits per heavy atom. The van der Waals surface area contributed by atoms with Crippen molar-refractivity contribution < 1.29 is 8.81 Å². The zero-order valence-corrected chi connectivity index (χ0v) is 11.7. The van der Waals surface area contributed by atoms with Gasteiger partial charge in [0.2, 0.25) is 5.89 Å². The van der Waals surface area contributed by atoms with Gasteiger partial charge in [0, 0.05) is 11.1 Å². The van der Waals surface area contributed by atoms with Crippen molar-refractivity contribution in [3.63, 3.8) is 0 Å². The monoisotopic (exact) mass is 262 g/mol. The van der Waals surface area contributed by atoms with Gasteiger partial charge in [0.15, 0.2) is 5.76 Å². The largest absolute Gasteiger partial charge is 0.439 e. The highest BCUT2D eigenvalue weighted by atomic mass is 19.1. The number of rotatable bonds is 3. The molecule has 1 aromatic carbocycles. The smallest absolute Gasteiger partial charge is 0.208 e. The van der Waals surface area contributed by atoms with Crippen molar-refractivity contribution in [2.24, 2.45) is 0 Å². The summed E-state index contributed by atoms with van der Waals surface area (Å²) in [4.78, 5) is 4.20. The lowest BCUT2D eigenvalue weighted by atomic mass is 10.1. The van der Waals surface area contributed by atoms with E-state index in [0.717, 1.165) is 0 Å². The summed E-state index contributed by atoms with van der Waals surface area (Å²) in [6.45, 7) is 8.51. The number of oxazole rings is 1. The molecule has 3 nitrogen and oxygen atoms in total. The molecular weight excluding hydrogens is 243 g/mol. The highest BCUT2D eigenvalue weighted by Crippen LogP contribution is 2.22. The Morgan fingerprint density at radius 2 is 2.05 bits per heavy atom. The van der Waals surface area contributed by atoms with E-state index in [-0.39, 0.29) is 11.4 Å². The number of benzene rings is 1. The molecule has 0 amide bonds. The van der Waals surface area contributed by atoms with Crippen LogP contribution in [-0.2, 0) is 6.54 Å². The quantitative estimate of drug-likeness (QED) is 0.917. The molecule has 0 radical (unpaired) electrons. The van der Waals surface area contributed by atoms with E-state index in [1.54, 1.807) is 19.2 Å². The van der Waals surface area contributed by atoms with Crippen LogP contribution >= 0.6 is 0 Å². The third kappa shape index (κ3) is 3.64.